The Morgan fingerprint density at radius 2 is 1.60 bits per heavy atom. The highest BCUT2D eigenvalue weighted by Crippen LogP contribution is 2.27. The van der Waals surface area contributed by atoms with Gasteiger partial charge in [-0.15, -0.1) is 0 Å². The molecule has 1 aromatic rings. The molecule has 0 radical (unpaired) electrons. The van der Waals surface area contributed by atoms with Crippen molar-refractivity contribution in [1.29, 1.82) is 0 Å². The first kappa shape index (κ1) is 18.0. The van der Waals surface area contributed by atoms with Crippen molar-refractivity contribution >= 4 is 11.8 Å². The standard InChI is InChI=1S/C21H30N2O2/c1-16(17-8-4-2-5-9-17)22-20(24)18-12-14-23(15-13-18)21(25)19-10-6-3-7-11-19/h2,4-5,8-9,16,18-19H,3,6-7,10-15H2,1H3,(H,22,24). The van der Waals surface area contributed by atoms with E-state index in [2.05, 4.69) is 5.32 Å². The van der Waals surface area contributed by atoms with Crippen LogP contribution in [0.5, 0.6) is 0 Å². The third kappa shape index (κ3) is 4.62. The fraction of sp³-hybridized carbons (Fsp3) is 0.619. The number of hydrogen-bond acceptors (Lipinski definition) is 2. The molecule has 4 heteroatoms. The van der Waals surface area contributed by atoms with Gasteiger partial charge in [-0.3, -0.25) is 9.59 Å². The Hall–Kier alpha value is -1.84. The van der Waals surface area contributed by atoms with E-state index in [-0.39, 0.29) is 23.8 Å². The highest BCUT2D eigenvalue weighted by atomic mass is 16.2. The molecule has 2 fully saturated rings. The van der Waals surface area contributed by atoms with Gasteiger partial charge in [0.05, 0.1) is 6.04 Å². The molecule has 1 saturated heterocycles. The maximum atomic E-state index is 12.6. The average molecular weight is 342 g/mol. The van der Waals surface area contributed by atoms with Crippen molar-refractivity contribution in [2.45, 2.75) is 57.9 Å². The lowest BCUT2D eigenvalue weighted by atomic mass is 9.87. The highest BCUT2D eigenvalue weighted by Gasteiger charge is 2.31. The molecular weight excluding hydrogens is 312 g/mol. The van der Waals surface area contributed by atoms with Crippen LogP contribution in [0.4, 0.5) is 0 Å². The second-order valence-corrected chi connectivity index (χ2v) is 7.58. The molecule has 1 saturated carbocycles. The van der Waals surface area contributed by atoms with Crippen LogP contribution in [0.2, 0.25) is 0 Å². The molecule has 1 aliphatic carbocycles. The summed E-state index contributed by atoms with van der Waals surface area (Å²) in [5.41, 5.74) is 1.13. The smallest absolute Gasteiger partial charge is 0.225 e. The predicted octanol–water partition coefficient (Wildman–Crippen LogP) is 3.68. The van der Waals surface area contributed by atoms with E-state index in [4.69, 9.17) is 0 Å². The van der Waals surface area contributed by atoms with E-state index >= 15 is 0 Å². The minimum Gasteiger partial charge on any atom is -0.349 e. The lowest BCUT2D eigenvalue weighted by Gasteiger charge is -2.35. The van der Waals surface area contributed by atoms with Gasteiger partial charge in [-0.1, -0.05) is 49.6 Å². The molecule has 1 N–H and O–H groups in total. The van der Waals surface area contributed by atoms with Crippen molar-refractivity contribution in [2.75, 3.05) is 13.1 Å². The van der Waals surface area contributed by atoms with Gasteiger partial charge in [0.25, 0.3) is 0 Å². The number of amides is 2. The molecule has 1 atom stereocenters. The summed E-state index contributed by atoms with van der Waals surface area (Å²) in [5.74, 6) is 0.719. The molecule has 1 aliphatic heterocycles. The second kappa shape index (κ2) is 8.50. The summed E-state index contributed by atoms with van der Waals surface area (Å²) in [6, 6.07) is 10.1. The number of piperidine rings is 1. The summed E-state index contributed by atoms with van der Waals surface area (Å²) in [6.07, 6.45) is 7.31. The van der Waals surface area contributed by atoms with Gasteiger partial charge in [0, 0.05) is 24.9 Å². The fourth-order valence-corrected chi connectivity index (χ4v) is 4.13. The summed E-state index contributed by atoms with van der Waals surface area (Å²) >= 11 is 0. The molecule has 0 spiro atoms. The van der Waals surface area contributed by atoms with Gasteiger partial charge in [0.1, 0.15) is 0 Å². The Kier molecular flexibility index (Phi) is 6.11. The van der Waals surface area contributed by atoms with Crippen molar-refractivity contribution in [3.8, 4) is 0 Å². The van der Waals surface area contributed by atoms with Gasteiger partial charge in [0.2, 0.25) is 11.8 Å². The summed E-state index contributed by atoms with van der Waals surface area (Å²) in [4.78, 5) is 27.2. The average Bonchev–Trinajstić information content (AvgIpc) is 2.69. The van der Waals surface area contributed by atoms with Crippen LogP contribution in [0.15, 0.2) is 30.3 Å². The first-order valence-corrected chi connectivity index (χ1v) is 9.79. The molecular formula is C21H30N2O2. The molecule has 1 aromatic carbocycles. The fourth-order valence-electron chi connectivity index (χ4n) is 4.13. The van der Waals surface area contributed by atoms with E-state index in [1.54, 1.807) is 0 Å². The van der Waals surface area contributed by atoms with Crippen molar-refractivity contribution in [3.63, 3.8) is 0 Å². The number of carbonyl (C=O) groups excluding carboxylic acids is 2. The summed E-state index contributed by atoms with van der Waals surface area (Å²) in [7, 11) is 0. The van der Waals surface area contributed by atoms with Crippen molar-refractivity contribution in [2.24, 2.45) is 11.8 Å². The normalized spacial score (nSPS) is 20.9. The van der Waals surface area contributed by atoms with Crippen LogP contribution in [-0.2, 0) is 9.59 Å². The minimum absolute atomic E-state index is 0.0237. The molecule has 1 heterocycles. The number of hydrogen-bond donors (Lipinski definition) is 1. The maximum Gasteiger partial charge on any atom is 0.225 e. The van der Waals surface area contributed by atoms with E-state index in [0.29, 0.717) is 5.91 Å². The van der Waals surface area contributed by atoms with Gasteiger partial charge in [-0.05, 0) is 38.2 Å². The lowest BCUT2D eigenvalue weighted by Crippen LogP contribution is -2.45. The van der Waals surface area contributed by atoms with Gasteiger partial charge >= 0.3 is 0 Å². The third-order valence-electron chi connectivity index (χ3n) is 5.79. The topological polar surface area (TPSA) is 49.4 Å². The molecule has 136 valence electrons. The summed E-state index contributed by atoms with van der Waals surface area (Å²) in [5, 5.41) is 3.13. The quantitative estimate of drug-likeness (QED) is 0.907. The van der Waals surface area contributed by atoms with Crippen molar-refractivity contribution in [3.05, 3.63) is 35.9 Å². The maximum absolute atomic E-state index is 12.6. The Balaban J connectivity index is 1.46. The van der Waals surface area contributed by atoms with Crippen LogP contribution in [0.1, 0.15) is 63.5 Å². The molecule has 25 heavy (non-hydrogen) atoms. The number of nitrogens with one attached hydrogen (secondary N) is 1. The van der Waals surface area contributed by atoms with E-state index < -0.39 is 0 Å². The number of carbonyl (C=O) groups is 2. The van der Waals surface area contributed by atoms with Crippen LogP contribution in [-0.4, -0.2) is 29.8 Å². The van der Waals surface area contributed by atoms with Crippen LogP contribution in [0.3, 0.4) is 0 Å². The van der Waals surface area contributed by atoms with Crippen molar-refractivity contribution in [1.82, 2.24) is 10.2 Å². The van der Waals surface area contributed by atoms with E-state index in [1.165, 1.54) is 19.3 Å². The zero-order valence-electron chi connectivity index (χ0n) is 15.2. The van der Waals surface area contributed by atoms with Crippen LogP contribution in [0.25, 0.3) is 0 Å². The van der Waals surface area contributed by atoms with Gasteiger partial charge in [0.15, 0.2) is 0 Å². The molecule has 2 aliphatic rings. The zero-order chi connectivity index (χ0) is 17.6. The Bertz CT molecular complexity index is 573. The molecule has 1 unspecified atom stereocenters. The first-order valence-electron chi connectivity index (χ1n) is 9.79. The molecule has 4 nitrogen and oxygen atoms in total. The van der Waals surface area contributed by atoms with Gasteiger partial charge < -0.3 is 10.2 Å². The van der Waals surface area contributed by atoms with E-state index in [9.17, 15) is 9.59 Å². The summed E-state index contributed by atoms with van der Waals surface area (Å²) < 4.78 is 0. The first-order chi connectivity index (χ1) is 12.1. The van der Waals surface area contributed by atoms with Gasteiger partial charge in [-0.25, -0.2) is 0 Å². The monoisotopic (exact) mass is 342 g/mol. The molecule has 0 aromatic heterocycles. The molecule has 3 rings (SSSR count). The SMILES string of the molecule is CC(NC(=O)C1CCN(C(=O)C2CCCCC2)CC1)c1ccccc1. The molecule has 2 amide bonds. The molecule has 0 bridgehead atoms. The minimum atomic E-state index is 0.0237. The van der Waals surface area contributed by atoms with Gasteiger partial charge in [-0.2, -0.15) is 0 Å². The Labute approximate surface area is 151 Å². The largest absolute Gasteiger partial charge is 0.349 e. The van der Waals surface area contributed by atoms with Crippen LogP contribution < -0.4 is 5.32 Å². The lowest BCUT2D eigenvalue weighted by molar-refractivity contribution is -0.140. The van der Waals surface area contributed by atoms with E-state index in [1.807, 2.05) is 42.2 Å². The number of likely N-dealkylation sites (tertiary alicyclic amines) is 1. The second-order valence-electron chi connectivity index (χ2n) is 7.58. The summed E-state index contributed by atoms with van der Waals surface area (Å²) in [6.45, 7) is 3.48. The number of nitrogens with zero attached hydrogens (tertiary/aromatic N) is 1. The number of rotatable bonds is 4. The third-order valence-corrected chi connectivity index (χ3v) is 5.79. The predicted molar refractivity (Wildman–Crippen MR) is 98.9 cm³/mol. The Morgan fingerprint density at radius 1 is 0.960 bits per heavy atom. The highest BCUT2D eigenvalue weighted by molar-refractivity contribution is 5.81. The van der Waals surface area contributed by atoms with E-state index in [0.717, 1.165) is 44.3 Å². The number of benzene rings is 1. The van der Waals surface area contributed by atoms with Crippen LogP contribution in [0, 0.1) is 11.8 Å². The zero-order valence-corrected chi connectivity index (χ0v) is 15.2. The van der Waals surface area contributed by atoms with Crippen molar-refractivity contribution < 1.29 is 9.59 Å². The van der Waals surface area contributed by atoms with Crippen LogP contribution >= 0.6 is 0 Å². The Morgan fingerprint density at radius 3 is 2.24 bits per heavy atom.